The second-order valence-corrected chi connectivity index (χ2v) is 8.66. The van der Waals surface area contributed by atoms with Crippen molar-refractivity contribution in [1.29, 1.82) is 0 Å². The maximum absolute atomic E-state index is 12.8. The molecule has 1 N–H and O–H groups in total. The van der Waals surface area contributed by atoms with E-state index in [1.807, 2.05) is 6.92 Å². The molecule has 0 spiro atoms. The standard InChI is InChI=1S/C18H27N3O5S/c1-15-14-26-13-10-21(15)27(23,24)17-4-2-16(3-5-17)18(22)19-6-7-20-8-11-25-12-9-20/h2-5,15H,6-14H2,1H3,(H,19,22). The number of nitrogens with one attached hydrogen (secondary N) is 1. The molecule has 2 fully saturated rings. The van der Waals surface area contributed by atoms with E-state index in [1.165, 1.54) is 16.4 Å². The minimum atomic E-state index is -3.58. The number of nitrogens with zero attached hydrogens (tertiary/aromatic N) is 2. The summed E-state index contributed by atoms with van der Waals surface area (Å²) in [5, 5.41) is 2.88. The molecule has 0 radical (unpaired) electrons. The molecule has 3 rings (SSSR count). The predicted molar refractivity (Wildman–Crippen MR) is 100 cm³/mol. The molecule has 8 nitrogen and oxygen atoms in total. The molecule has 0 bridgehead atoms. The molecule has 0 aliphatic carbocycles. The van der Waals surface area contributed by atoms with Gasteiger partial charge in [-0.2, -0.15) is 4.31 Å². The lowest BCUT2D eigenvalue weighted by Gasteiger charge is -2.32. The summed E-state index contributed by atoms with van der Waals surface area (Å²) in [6.45, 7) is 7.49. The first-order chi connectivity index (χ1) is 13.0. The van der Waals surface area contributed by atoms with Crippen LogP contribution in [0.2, 0.25) is 0 Å². The largest absolute Gasteiger partial charge is 0.379 e. The highest BCUT2D eigenvalue weighted by Gasteiger charge is 2.31. The van der Waals surface area contributed by atoms with Crippen LogP contribution < -0.4 is 5.32 Å². The topological polar surface area (TPSA) is 88.2 Å². The Balaban J connectivity index is 1.56. The van der Waals surface area contributed by atoms with Crippen molar-refractivity contribution in [1.82, 2.24) is 14.5 Å². The second kappa shape index (κ2) is 9.11. The van der Waals surface area contributed by atoms with Crippen LogP contribution in [0.5, 0.6) is 0 Å². The summed E-state index contributed by atoms with van der Waals surface area (Å²) in [6.07, 6.45) is 0. The zero-order valence-electron chi connectivity index (χ0n) is 15.6. The fourth-order valence-electron chi connectivity index (χ4n) is 3.24. The highest BCUT2D eigenvalue weighted by Crippen LogP contribution is 2.20. The fourth-order valence-corrected chi connectivity index (χ4v) is 4.84. The third kappa shape index (κ3) is 5.05. The molecule has 2 aliphatic rings. The molecule has 0 saturated carbocycles. The van der Waals surface area contributed by atoms with Crippen molar-refractivity contribution in [3.8, 4) is 0 Å². The first-order valence-electron chi connectivity index (χ1n) is 9.26. The Morgan fingerprint density at radius 1 is 1.11 bits per heavy atom. The summed E-state index contributed by atoms with van der Waals surface area (Å²) in [6, 6.07) is 5.90. The van der Waals surface area contributed by atoms with Gasteiger partial charge in [-0.3, -0.25) is 9.69 Å². The van der Waals surface area contributed by atoms with Crippen LogP contribution in [0.3, 0.4) is 0 Å². The van der Waals surface area contributed by atoms with E-state index in [9.17, 15) is 13.2 Å². The molecule has 1 aromatic rings. The summed E-state index contributed by atoms with van der Waals surface area (Å²) in [4.78, 5) is 14.7. The van der Waals surface area contributed by atoms with Crippen molar-refractivity contribution in [3.05, 3.63) is 29.8 Å². The van der Waals surface area contributed by atoms with Gasteiger partial charge in [-0.15, -0.1) is 0 Å². The summed E-state index contributed by atoms with van der Waals surface area (Å²) in [7, 11) is -3.58. The first-order valence-corrected chi connectivity index (χ1v) is 10.7. The van der Waals surface area contributed by atoms with Crippen LogP contribution in [-0.4, -0.2) is 88.7 Å². The van der Waals surface area contributed by atoms with Crippen molar-refractivity contribution in [2.45, 2.75) is 17.9 Å². The van der Waals surface area contributed by atoms with Gasteiger partial charge in [-0.25, -0.2) is 8.42 Å². The lowest BCUT2D eigenvalue weighted by Crippen LogP contribution is -2.46. The average molecular weight is 397 g/mol. The molecule has 0 aromatic heterocycles. The highest BCUT2D eigenvalue weighted by atomic mass is 32.2. The Labute approximate surface area is 160 Å². The van der Waals surface area contributed by atoms with Crippen molar-refractivity contribution in [3.63, 3.8) is 0 Å². The molecule has 9 heteroatoms. The molecule has 150 valence electrons. The number of morpholine rings is 2. The van der Waals surface area contributed by atoms with E-state index < -0.39 is 10.0 Å². The van der Waals surface area contributed by atoms with Gasteiger partial charge >= 0.3 is 0 Å². The number of hydrogen-bond acceptors (Lipinski definition) is 6. The second-order valence-electron chi connectivity index (χ2n) is 6.77. The van der Waals surface area contributed by atoms with Gasteiger partial charge in [-0.1, -0.05) is 0 Å². The van der Waals surface area contributed by atoms with Crippen LogP contribution in [0.15, 0.2) is 29.2 Å². The smallest absolute Gasteiger partial charge is 0.251 e. The van der Waals surface area contributed by atoms with Crippen molar-refractivity contribution in [2.24, 2.45) is 0 Å². The molecule has 1 atom stereocenters. The van der Waals surface area contributed by atoms with Crippen molar-refractivity contribution in [2.75, 3.05) is 59.2 Å². The number of amides is 1. The van der Waals surface area contributed by atoms with Gasteiger partial charge in [-0.05, 0) is 31.2 Å². The highest BCUT2D eigenvalue weighted by molar-refractivity contribution is 7.89. The van der Waals surface area contributed by atoms with Crippen LogP contribution in [0.25, 0.3) is 0 Å². The Hall–Kier alpha value is -1.52. The maximum atomic E-state index is 12.8. The number of ether oxygens (including phenoxy) is 2. The van der Waals surface area contributed by atoms with Crippen LogP contribution in [-0.2, 0) is 19.5 Å². The van der Waals surface area contributed by atoms with Gasteiger partial charge in [0.15, 0.2) is 0 Å². The molecule has 2 heterocycles. The SMILES string of the molecule is CC1COCCN1S(=O)(=O)c1ccc(C(=O)NCCN2CCOCC2)cc1. The van der Waals surface area contributed by atoms with Gasteiger partial charge in [0.1, 0.15) is 0 Å². The van der Waals surface area contributed by atoms with E-state index in [0.29, 0.717) is 31.9 Å². The number of sulfonamides is 1. The molecular formula is C18H27N3O5S. The number of carbonyl (C=O) groups is 1. The van der Waals surface area contributed by atoms with E-state index in [2.05, 4.69) is 10.2 Å². The number of rotatable bonds is 6. The minimum Gasteiger partial charge on any atom is -0.379 e. The minimum absolute atomic E-state index is 0.195. The van der Waals surface area contributed by atoms with E-state index in [1.54, 1.807) is 12.1 Å². The monoisotopic (exact) mass is 397 g/mol. The number of hydrogen-bond donors (Lipinski definition) is 1. The Morgan fingerprint density at radius 2 is 1.78 bits per heavy atom. The third-order valence-electron chi connectivity index (χ3n) is 4.85. The zero-order valence-corrected chi connectivity index (χ0v) is 16.4. The Bertz CT molecular complexity index is 732. The molecular weight excluding hydrogens is 370 g/mol. The molecule has 27 heavy (non-hydrogen) atoms. The number of benzene rings is 1. The van der Waals surface area contributed by atoms with Gasteiger partial charge in [0.2, 0.25) is 10.0 Å². The molecule has 1 amide bonds. The lowest BCUT2D eigenvalue weighted by molar-refractivity contribution is 0.0383. The van der Waals surface area contributed by atoms with Crippen LogP contribution in [0.1, 0.15) is 17.3 Å². The summed E-state index contributed by atoms with van der Waals surface area (Å²) >= 11 is 0. The van der Waals surface area contributed by atoms with Crippen LogP contribution in [0.4, 0.5) is 0 Å². The van der Waals surface area contributed by atoms with E-state index in [4.69, 9.17) is 9.47 Å². The predicted octanol–water partition coefficient (Wildman–Crippen LogP) is 0.158. The summed E-state index contributed by atoms with van der Waals surface area (Å²) in [5.41, 5.74) is 0.450. The summed E-state index contributed by atoms with van der Waals surface area (Å²) < 4.78 is 37.6. The van der Waals surface area contributed by atoms with Crippen LogP contribution >= 0.6 is 0 Å². The van der Waals surface area contributed by atoms with E-state index in [0.717, 1.165) is 32.8 Å². The van der Waals surface area contributed by atoms with E-state index in [-0.39, 0.29) is 16.8 Å². The Morgan fingerprint density at radius 3 is 2.44 bits per heavy atom. The molecule has 1 aromatic carbocycles. The first kappa shape index (κ1) is 20.2. The fraction of sp³-hybridized carbons (Fsp3) is 0.611. The third-order valence-corrected chi connectivity index (χ3v) is 6.87. The van der Waals surface area contributed by atoms with Gasteiger partial charge in [0, 0.05) is 44.3 Å². The Kier molecular flexibility index (Phi) is 6.83. The molecule has 1 unspecified atom stereocenters. The van der Waals surface area contributed by atoms with Crippen LogP contribution in [0, 0.1) is 0 Å². The lowest BCUT2D eigenvalue weighted by atomic mass is 10.2. The van der Waals surface area contributed by atoms with Gasteiger partial charge in [0.25, 0.3) is 5.91 Å². The zero-order chi connectivity index (χ0) is 19.3. The van der Waals surface area contributed by atoms with Gasteiger partial charge in [0.05, 0.1) is 31.3 Å². The molecule has 2 saturated heterocycles. The van der Waals surface area contributed by atoms with Gasteiger partial charge < -0.3 is 14.8 Å². The van der Waals surface area contributed by atoms with E-state index >= 15 is 0 Å². The maximum Gasteiger partial charge on any atom is 0.251 e. The average Bonchev–Trinajstić information content (AvgIpc) is 2.69. The molecule has 2 aliphatic heterocycles. The quantitative estimate of drug-likeness (QED) is 0.736. The normalized spacial score (nSPS) is 22.5. The van der Waals surface area contributed by atoms with Crippen molar-refractivity contribution < 1.29 is 22.7 Å². The number of carbonyl (C=O) groups excluding carboxylic acids is 1. The summed E-state index contributed by atoms with van der Waals surface area (Å²) in [5.74, 6) is -0.202. The van der Waals surface area contributed by atoms with Crippen molar-refractivity contribution >= 4 is 15.9 Å².